The first-order valence-electron chi connectivity index (χ1n) is 6.98. The number of halogens is 1. The second-order valence-electron chi connectivity index (χ2n) is 5.40. The molecule has 0 aliphatic heterocycles. The van der Waals surface area contributed by atoms with Gasteiger partial charge in [0.1, 0.15) is 17.3 Å². The Kier molecular flexibility index (Phi) is 3.78. The monoisotopic (exact) mass is 332 g/mol. The van der Waals surface area contributed by atoms with Gasteiger partial charge in [-0.05, 0) is 37.0 Å². The number of nitrogens with zero attached hydrogens (tertiary/aromatic N) is 2. The van der Waals surface area contributed by atoms with Crippen LogP contribution in [0.2, 0.25) is 0 Å². The summed E-state index contributed by atoms with van der Waals surface area (Å²) in [4.78, 5) is 4.01. The molecule has 0 unspecified atom stereocenters. The Morgan fingerprint density at radius 2 is 2.00 bits per heavy atom. The maximum Gasteiger partial charge on any atom is 0.193 e. The molecule has 23 heavy (non-hydrogen) atoms. The molecule has 0 radical (unpaired) electrons. The number of sulfone groups is 1. The van der Waals surface area contributed by atoms with Crippen LogP contribution in [-0.4, -0.2) is 19.7 Å². The Labute approximate surface area is 133 Å². The summed E-state index contributed by atoms with van der Waals surface area (Å²) in [5.41, 5.74) is 1.60. The lowest BCUT2D eigenvalue weighted by molar-refractivity contribution is 0.467. The van der Waals surface area contributed by atoms with Crippen LogP contribution in [0.5, 0.6) is 11.5 Å². The fraction of sp³-hybridized carbons (Fsp3) is 0.250. The van der Waals surface area contributed by atoms with E-state index in [-0.39, 0.29) is 16.3 Å². The van der Waals surface area contributed by atoms with E-state index in [1.54, 1.807) is 0 Å². The third-order valence-corrected chi connectivity index (χ3v) is 4.71. The number of ether oxygens (including phenoxy) is 1. The van der Waals surface area contributed by atoms with E-state index in [0.717, 1.165) is 24.3 Å². The number of fused-ring (bicyclic) bond motifs is 1. The van der Waals surface area contributed by atoms with Crippen LogP contribution in [0.1, 0.15) is 23.1 Å². The Bertz CT molecular complexity index is 933. The molecule has 118 valence electrons. The van der Waals surface area contributed by atoms with Gasteiger partial charge in [0.25, 0.3) is 0 Å². The van der Waals surface area contributed by atoms with Crippen LogP contribution < -0.4 is 4.74 Å². The molecule has 1 aromatic heterocycles. The Morgan fingerprint density at radius 1 is 1.26 bits per heavy atom. The standard InChI is InChI=1S/C16H13FN2O3S/c1-23(20,21)16-14-4-2-3-13(14)15(9-19-16)22-12-6-10(8-18)5-11(17)7-12/h5-7,9H,2-4H2,1H3. The predicted octanol–water partition coefficient (Wildman–Crippen LogP) is 2.78. The van der Waals surface area contributed by atoms with Gasteiger partial charge in [-0.2, -0.15) is 5.26 Å². The Hall–Kier alpha value is -2.46. The molecule has 0 fully saturated rings. The van der Waals surface area contributed by atoms with E-state index < -0.39 is 15.7 Å². The molecular formula is C16H13FN2O3S. The van der Waals surface area contributed by atoms with Crippen LogP contribution in [-0.2, 0) is 22.7 Å². The van der Waals surface area contributed by atoms with Gasteiger partial charge in [0.2, 0.25) is 0 Å². The smallest absolute Gasteiger partial charge is 0.193 e. The van der Waals surface area contributed by atoms with Gasteiger partial charge in [0.05, 0.1) is 17.8 Å². The molecule has 1 heterocycles. The van der Waals surface area contributed by atoms with E-state index in [0.29, 0.717) is 24.2 Å². The van der Waals surface area contributed by atoms with E-state index in [9.17, 15) is 12.8 Å². The SMILES string of the molecule is CS(=O)(=O)c1ncc(Oc2cc(F)cc(C#N)c2)c2c1CCC2. The molecule has 1 aliphatic rings. The molecule has 0 bridgehead atoms. The highest BCUT2D eigenvalue weighted by molar-refractivity contribution is 7.90. The second kappa shape index (κ2) is 5.63. The van der Waals surface area contributed by atoms with Crippen molar-refractivity contribution in [2.24, 2.45) is 0 Å². The molecule has 7 heteroatoms. The first kappa shape index (κ1) is 15.4. The van der Waals surface area contributed by atoms with E-state index >= 15 is 0 Å². The first-order valence-corrected chi connectivity index (χ1v) is 8.87. The molecule has 0 amide bonds. The van der Waals surface area contributed by atoms with Crippen LogP contribution >= 0.6 is 0 Å². The number of aromatic nitrogens is 1. The summed E-state index contributed by atoms with van der Waals surface area (Å²) in [5.74, 6) is 0.0142. The maximum absolute atomic E-state index is 13.5. The highest BCUT2D eigenvalue weighted by atomic mass is 32.2. The third-order valence-electron chi connectivity index (χ3n) is 3.65. The maximum atomic E-state index is 13.5. The van der Waals surface area contributed by atoms with Crippen molar-refractivity contribution in [1.82, 2.24) is 4.98 Å². The number of pyridine rings is 1. The summed E-state index contributed by atoms with van der Waals surface area (Å²) in [6.45, 7) is 0. The molecule has 5 nitrogen and oxygen atoms in total. The number of nitriles is 1. The number of hydrogen-bond donors (Lipinski definition) is 0. The fourth-order valence-electron chi connectivity index (χ4n) is 2.75. The van der Waals surface area contributed by atoms with Crippen molar-refractivity contribution in [2.75, 3.05) is 6.26 Å². The molecule has 1 aromatic carbocycles. The lowest BCUT2D eigenvalue weighted by Gasteiger charge is -2.12. The quantitative estimate of drug-likeness (QED) is 0.863. The van der Waals surface area contributed by atoms with E-state index in [1.165, 1.54) is 18.3 Å². The lowest BCUT2D eigenvalue weighted by atomic mass is 10.1. The predicted molar refractivity (Wildman–Crippen MR) is 80.6 cm³/mol. The van der Waals surface area contributed by atoms with Crippen LogP contribution in [0.15, 0.2) is 29.4 Å². The minimum atomic E-state index is -3.40. The molecule has 0 spiro atoms. The van der Waals surface area contributed by atoms with Gasteiger partial charge >= 0.3 is 0 Å². The molecule has 2 aromatic rings. The van der Waals surface area contributed by atoms with Crippen LogP contribution in [0.25, 0.3) is 0 Å². The van der Waals surface area contributed by atoms with Crippen molar-refractivity contribution in [3.63, 3.8) is 0 Å². The van der Waals surface area contributed by atoms with Gasteiger partial charge in [-0.25, -0.2) is 17.8 Å². The summed E-state index contributed by atoms with van der Waals surface area (Å²) in [6, 6.07) is 5.57. The molecule has 1 aliphatic carbocycles. The van der Waals surface area contributed by atoms with Crippen molar-refractivity contribution in [1.29, 1.82) is 5.26 Å². The largest absolute Gasteiger partial charge is 0.455 e. The molecule has 0 saturated carbocycles. The van der Waals surface area contributed by atoms with Gasteiger partial charge < -0.3 is 4.74 Å². The van der Waals surface area contributed by atoms with Crippen molar-refractivity contribution < 1.29 is 17.5 Å². The van der Waals surface area contributed by atoms with Crippen LogP contribution in [0, 0.1) is 17.1 Å². The summed E-state index contributed by atoms with van der Waals surface area (Å²) < 4.78 is 42.8. The lowest BCUT2D eigenvalue weighted by Crippen LogP contribution is -2.06. The van der Waals surface area contributed by atoms with E-state index in [1.807, 2.05) is 6.07 Å². The second-order valence-corrected chi connectivity index (χ2v) is 7.33. The average molecular weight is 332 g/mol. The third kappa shape index (κ3) is 3.03. The first-order chi connectivity index (χ1) is 10.9. The fourth-order valence-corrected chi connectivity index (χ4v) is 3.66. The summed E-state index contributed by atoms with van der Waals surface area (Å²) >= 11 is 0. The highest BCUT2D eigenvalue weighted by Crippen LogP contribution is 2.36. The number of rotatable bonds is 3. The van der Waals surface area contributed by atoms with Crippen molar-refractivity contribution >= 4 is 9.84 Å². The number of hydrogen-bond acceptors (Lipinski definition) is 5. The number of benzene rings is 1. The van der Waals surface area contributed by atoms with Crippen molar-refractivity contribution in [3.05, 3.63) is 46.9 Å². The Balaban J connectivity index is 2.05. The van der Waals surface area contributed by atoms with Gasteiger partial charge in [0.15, 0.2) is 14.9 Å². The average Bonchev–Trinajstić information content (AvgIpc) is 2.95. The summed E-state index contributed by atoms with van der Waals surface area (Å²) in [6.07, 6.45) is 4.58. The normalized spacial score (nSPS) is 13.4. The van der Waals surface area contributed by atoms with Gasteiger partial charge in [-0.1, -0.05) is 0 Å². The zero-order chi connectivity index (χ0) is 16.6. The molecule has 0 N–H and O–H groups in total. The molecule has 3 rings (SSSR count). The van der Waals surface area contributed by atoms with Crippen LogP contribution in [0.3, 0.4) is 0 Å². The summed E-state index contributed by atoms with van der Waals surface area (Å²) in [7, 11) is -3.40. The van der Waals surface area contributed by atoms with Gasteiger partial charge in [-0.3, -0.25) is 0 Å². The van der Waals surface area contributed by atoms with Gasteiger partial charge in [-0.15, -0.1) is 0 Å². The van der Waals surface area contributed by atoms with Crippen molar-refractivity contribution in [3.8, 4) is 17.6 Å². The van der Waals surface area contributed by atoms with E-state index in [2.05, 4.69) is 4.98 Å². The van der Waals surface area contributed by atoms with Crippen molar-refractivity contribution in [2.45, 2.75) is 24.3 Å². The zero-order valence-corrected chi connectivity index (χ0v) is 13.2. The van der Waals surface area contributed by atoms with Crippen LogP contribution in [0.4, 0.5) is 4.39 Å². The topological polar surface area (TPSA) is 80.1 Å². The zero-order valence-electron chi connectivity index (χ0n) is 12.3. The molecular weight excluding hydrogens is 319 g/mol. The minimum Gasteiger partial charge on any atom is -0.455 e. The van der Waals surface area contributed by atoms with Gasteiger partial charge in [0, 0.05) is 17.9 Å². The van der Waals surface area contributed by atoms with E-state index in [4.69, 9.17) is 10.00 Å². The minimum absolute atomic E-state index is 0.0781. The highest BCUT2D eigenvalue weighted by Gasteiger charge is 2.25. The summed E-state index contributed by atoms with van der Waals surface area (Å²) in [5, 5.41) is 8.96. The molecule has 0 saturated heterocycles. The Morgan fingerprint density at radius 3 is 2.70 bits per heavy atom. The molecule has 0 atom stereocenters.